The Labute approximate surface area is 214 Å². The van der Waals surface area contributed by atoms with Crippen molar-refractivity contribution in [1.29, 1.82) is 5.26 Å². The van der Waals surface area contributed by atoms with Crippen LogP contribution >= 0.6 is 11.6 Å². The van der Waals surface area contributed by atoms with Gasteiger partial charge in [-0.1, -0.05) is 53.2 Å². The molecule has 35 heavy (non-hydrogen) atoms. The minimum atomic E-state index is -0.656. The molecule has 0 amide bonds. The third kappa shape index (κ3) is 3.13. The van der Waals surface area contributed by atoms with Crippen molar-refractivity contribution in [3.8, 4) is 6.07 Å². The van der Waals surface area contributed by atoms with Crippen molar-refractivity contribution >= 4 is 28.4 Å². The van der Waals surface area contributed by atoms with E-state index in [9.17, 15) is 19.6 Å². The number of ketones is 2. The number of hydrogen-bond acceptors (Lipinski definition) is 4. The van der Waals surface area contributed by atoms with Crippen LogP contribution in [0.3, 0.4) is 0 Å². The summed E-state index contributed by atoms with van der Waals surface area (Å²) in [5, 5.41) is 9.53. The topological polar surface area (TPSA) is 75.0 Å². The summed E-state index contributed by atoms with van der Waals surface area (Å²) in [7, 11) is 0. The van der Waals surface area contributed by atoms with E-state index >= 15 is 0 Å². The average Bonchev–Trinajstić information content (AvgIpc) is 2.76. The molecule has 4 nitrogen and oxygen atoms in total. The highest BCUT2D eigenvalue weighted by atomic mass is 35.5. The van der Waals surface area contributed by atoms with Crippen LogP contribution in [0.4, 0.5) is 0 Å². The molecule has 5 aliphatic rings. The van der Waals surface area contributed by atoms with Gasteiger partial charge in [0.05, 0.1) is 5.57 Å². The fourth-order valence-corrected chi connectivity index (χ4v) is 9.94. The van der Waals surface area contributed by atoms with Crippen molar-refractivity contribution < 1.29 is 14.4 Å². The number of allylic oxidation sites excluding steroid dienone is 4. The maximum Gasteiger partial charge on any atom is 0.228 e. The molecule has 0 heterocycles. The number of hydrogen-bond donors (Lipinski definition) is 0. The van der Waals surface area contributed by atoms with Gasteiger partial charge in [-0.25, -0.2) is 0 Å². The second-order valence-electron chi connectivity index (χ2n) is 14.0. The molecule has 5 heteroatoms. The summed E-state index contributed by atoms with van der Waals surface area (Å²) in [4.78, 5) is 40.1. The van der Waals surface area contributed by atoms with E-state index in [1.807, 2.05) is 26.0 Å². The van der Waals surface area contributed by atoms with Crippen molar-refractivity contribution in [1.82, 2.24) is 0 Å². The third-order valence-corrected chi connectivity index (χ3v) is 11.8. The summed E-state index contributed by atoms with van der Waals surface area (Å²) in [5.41, 5.74) is -0.576. The summed E-state index contributed by atoms with van der Waals surface area (Å²) in [5.74, 6) is 0.00385. The first-order valence-electron chi connectivity index (χ1n) is 13.3. The van der Waals surface area contributed by atoms with E-state index in [-0.39, 0.29) is 56.9 Å². The van der Waals surface area contributed by atoms with Crippen molar-refractivity contribution in [2.75, 3.05) is 0 Å². The molecule has 0 aromatic heterocycles. The van der Waals surface area contributed by atoms with Crippen LogP contribution in [-0.4, -0.2) is 16.8 Å². The minimum absolute atomic E-state index is 0.0303. The largest absolute Gasteiger partial charge is 0.295 e. The average molecular weight is 496 g/mol. The van der Waals surface area contributed by atoms with E-state index in [1.54, 1.807) is 0 Å². The van der Waals surface area contributed by atoms with Crippen LogP contribution in [0.15, 0.2) is 23.3 Å². The van der Waals surface area contributed by atoms with Crippen molar-refractivity contribution in [2.24, 2.45) is 50.7 Å². The highest BCUT2D eigenvalue weighted by Crippen LogP contribution is 2.70. The van der Waals surface area contributed by atoms with Gasteiger partial charge in [0, 0.05) is 22.2 Å². The highest BCUT2D eigenvalue weighted by molar-refractivity contribution is 6.64. The van der Waals surface area contributed by atoms with Gasteiger partial charge in [0.1, 0.15) is 6.07 Å². The molecular weight excluding hydrogens is 458 g/mol. The van der Waals surface area contributed by atoms with E-state index in [0.717, 1.165) is 50.5 Å². The molecule has 7 atom stereocenters. The number of nitrogens with zero attached hydrogens (tertiary/aromatic N) is 1. The zero-order valence-electron chi connectivity index (χ0n) is 22.0. The van der Waals surface area contributed by atoms with Crippen molar-refractivity contribution in [2.45, 2.75) is 86.5 Å². The second-order valence-corrected chi connectivity index (χ2v) is 14.4. The Morgan fingerprint density at radius 3 is 2.31 bits per heavy atom. The summed E-state index contributed by atoms with van der Waals surface area (Å²) in [6.07, 6.45) is 9.68. The predicted molar refractivity (Wildman–Crippen MR) is 135 cm³/mol. The van der Waals surface area contributed by atoms with Gasteiger partial charge in [-0.15, -0.1) is 0 Å². The molecule has 0 spiro atoms. The molecule has 0 aromatic carbocycles. The van der Waals surface area contributed by atoms with Gasteiger partial charge in [-0.3, -0.25) is 14.4 Å². The lowest BCUT2D eigenvalue weighted by Gasteiger charge is -2.64. The fraction of sp³-hybridized carbons (Fsp3) is 0.733. The molecule has 188 valence electrons. The van der Waals surface area contributed by atoms with Crippen molar-refractivity contribution in [3.05, 3.63) is 23.3 Å². The van der Waals surface area contributed by atoms with Crippen LogP contribution in [0, 0.1) is 62.1 Å². The normalized spacial score (nSPS) is 45.5. The molecule has 3 fully saturated rings. The van der Waals surface area contributed by atoms with Crippen LogP contribution in [0.1, 0.15) is 86.5 Å². The lowest BCUT2D eigenvalue weighted by atomic mass is 9.38. The van der Waals surface area contributed by atoms with E-state index in [0.29, 0.717) is 0 Å². The number of rotatable bonds is 1. The fourth-order valence-electron chi connectivity index (χ4n) is 9.62. The van der Waals surface area contributed by atoms with E-state index in [4.69, 9.17) is 11.6 Å². The molecule has 5 rings (SSSR count). The molecule has 0 aromatic rings. The SMILES string of the molecule is CC1(C)CCC2(C(=O)Cl)CCC3C(C(=O)C=C4C5(C)C=C(C#N)C(=O)C(C)(C)C5CCC43C)C2C1. The Morgan fingerprint density at radius 1 is 1.00 bits per heavy atom. The molecule has 0 radical (unpaired) electrons. The lowest BCUT2D eigenvalue weighted by molar-refractivity contribution is -0.154. The Balaban J connectivity index is 1.66. The van der Waals surface area contributed by atoms with Crippen LogP contribution < -0.4 is 0 Å². The van der Waals surface area contributed by atoms with Gasteiger partial charge in [-0.2, -0.15) is 5.26 Å². The summed E-state index contributed by atoms with van der Waals surface area (Å²) in [6.45, 7) is 12.9. The number of Topliss-reactive ketones (excluding diaryl/α,β-unsaturated/α-hetero) is 1. The van der Waals surface area contributed by atoms with Crippen LogP contribution in [0.25, 0.3) is 0 Å². The van der Waals surface area contributed by atoms with E-state index in [1.165, 1.54) is 0 Å². The molecule has 0 saturated heterocycles. The van der Waals surface area contributed by atoms with Gasteiger partial charge < -0.3 is 0 Å². The number of fused-ring (bicyclic) bond motifs is 7. The monoisotopic (exact) mass is 495 g/mol. The van der Waals surface area contributed by atoms with Crippen LogP contribution in [0.5, 0.6) is 0 Å². The third-order valence-electron chi connectivity index (χ3n) is 11.5. The lowest BCUT2D eigenvalue weighted by Crippen LogP contribution is -2.61. The summed E-state index contributed by atoms with van der Waals surface area (Å²) < 4.78 is 0. The summed E-state index contributed by atoms with van der Waals surface area (Å²) >= 11 is 6.32. The first-order valence-corrected chi connectivity index (χ1v) is 13.7. The Kier molecular flexibility index (Phi) is 5.28. The Hall–Kier alpha value is -1.73. The van der Waals surface area contributed by atoms with Gasteiger partial charge >= 0.3 is 0 Å². The molecule has 3 saturated carbocycles. The first-order chi connectivity index (χ1) is 16.1. The zero-order chi connectivity index (χ0) is 25.8. The maximum atomic E-state index is 14.1. The quantitative estimate of drug-likeness (QED) is 0.385. The maximum absolute atomic E-state index is 14.1. The van der Waals surface area contributed by atoms with Crippen molar-refractivity contribution in [3.63, 3.8) is 0 Å². The summed E-state index contributed by atoms with van der Waals surface area (Å²) in [6, 6.07) is 2.15. The molecular formula is C30H38ClNO3. The van der Waals surface area contributed by atoms with Crippen LogP contribution in [-0.2, 0) is 14.4 Å². The standard InChI is InChI=1S/C30H38ClNO3/c1-26(2)11-12-30(25(31)35)10-7-18-23(19(30)15-26)20(33)13-22-28(18,5)9-8-21-27(3,4)24(34)17(16-32)14-29(21,22)6/h13-14,18-19,21,23H,7-12,15H2,1-6H3. The Morgan fingerprint density at radius 2 is 1.69 bits per heavy atom. The predicted octanol–water partition coefficient (Wildman–Crippen LogP) is 6.58. The number of carbonyl (C=O) groups excluding carboxylic acids is 3. The molecule has 0 bridgehead atoms. The zero-order valence-corrected chi connectivity index (χ0v) is 22.7. The Bertz CT molecular complexity index is 1140. The number of nitriles is 1. The van der Waals surface area contributed by atoms with Gasteiger partial charge in [-0.05, 0) is 91.2 Å². The highest BCUT2D eigenvalue weighted by Gasteiger charge is 2.66. The smallest absolute Gasteiger partial charge is 0.228 e. The minimum Gasteiger partial charge on any atom is -0.295 e. The van der Waals surface area contributed by atoms with Gasteiger partial charge in [0.25, 0.3) is 0 Å². The van der Waals surface area contributed by atoms with Gasteiger partial charge in [0.2, 0.25) is 5.24 Å². The van der Waals surface area contributed by atoms with Gasteiger partial charge in [0.15, 0.2) is 11.6 Å². The van der Waals surface area contributed by atoms with E-state index < -0.39 is 16.2 Å². The molecule has 7 unspecified atom stereocenters. The molecule has 5 aliphatic carbocycles. The number of halogens is 1. The molecule has 0 aliphatic heterocycles. The van der Waals surface area contributed by atoms with Crippen LogP contribution in [0.2, 0.25) is 0 Å². The number of carbonyl (C=O) groups is 3. The second kappa shape index (κ2) is 7.41. The first kappa shape index (κ1) is 24.9. The van der Waals surface area contributed by atoms with E-state index in [2.05, 4.69) is 33.8 Å². The molecule has 0 N–H and O–H groups in total.